The van der Waals surface area contributed by atoms with Crippen molar-refractivity contribution in [3.63, 3.8) is 0 Å². The molecule has 1 aliphatic rings. The third-order valence-electron chi connectivity index (χ3n) is 1.81. The second-order valence-corrected chi connectivity index (χ2v) is 2.82. The SMILES string of the molecule is N#Cc1ccc(OC2COCN2)cn1. The van der Waals surface area contributed by atoms with Crippen LogP contribution in [0.25, 0.3) is 0 Å². The van der Waals surface area contributed by atoms with Gasteiger partial charge in [0.1, 0.15) is 17.5 Å². The molecule has 0 bridgehead atoms. The van der Waals surface area contributed by atoms with Crippen LogP contribution in [-0.4, -0.2) is 24.5 Å². The molecule has 1 unspecified atom stereocenters. The van der Waals surface area contributed by atoms with Crippen molar-refractivity contribution < 1.29 is 9.47 Å². The Morgan fingerprint density at radius 3 is 3.14 bits per heavy atom. The van der Waals surface area contributed by atoms with E-state index in [9.17, 15) is 0 Å². The summed E-state index contributed by atoms with van der Waals surface area (Å²) in [4.78, 5) is 3.88. The Morgan fingerprint density at radius 1 is 1.64 bits per heavy atom. The summed E-state index contributed by atoms with van der Waals surface area (Å²) in [5.74, 6) is 0.631. The van der Waals surface area contributed by atoms with E-state index in [2.05, 4.69) is 10.3 Å². The monoisotopic (exact) mass is 191 g/mol. The minimum atomic E-state index is -0.121. The number of nitrogens with zero attached hydrogens (tertiary/aromatic N) is 2. The molecule has 0 aliphatic carbocycles. The average Bonchev–Trinajstić information content (AvgIpc) is 2.72. The highest BCUT2D eigenvalue weighted by Crippen LogP contribution is 2.11. The number of hydrogen-bond donors (Lipinski definition) is 1. The van der Waals surface area contributed by atoms with Crippen molar-refractivity contribution in [1.82, 2.24) is 10.3 Å². The summed E-state index contributed by atoms with van der Waals surface area (Å²) >= 11 is 0. The normalized spacial score (nSPS) is 20.4. The Balaban J connectivity index is 1.99. The van der Waals surface area contributed by atoms with Crippen LogP contribution in [0.15, 0.2) is 18.3 Å². The summed E-state index contributed by atoms with van der Waals surface area (Å²) in [6.45, 7) is 1.04. The van der Waals surface area contributed by atoms with Crippen LogP contribution in [0.3, 0.4) is 0 Å². The standard InChI is InChI=1S/C9H9N3O2/c10-3-7-1-2-8(4-11-7)14-9-5-13-6-12-9/h1-2,4,9,12H,5-6H2. The van der Waals surface area contributed by atoms with Gasteiger partial charge in [0.05, 0.1) is 19.5 Å². The van der Waals surface area contributed by atoms with Gasteiger partial charge >= 0.3 is 0 Å². The predicted octanol–water partition coefficient (Wildman–Crippen LogP) is 0.235. The van der Waals surface area contributed by atoms with Gasteiger partial charge in [0.25, 0.3) is 0 Å². The van der Waals surface area contributed by atoms with Gasteiger partial charge in [-0.2, -0.15) is 5.26 Å². The van der Waals surface area contributed by atoms with E-state index in [1.54, 1.807) is 12.1 Å². The molecule has 0 radical (unpaired) electrons. The number of pyridine rings is 1. The Labute approximate surface area is 81.3 Å². The van der Waals surface area contributed by atoms with Gasteiger partial charge in [-0.3, -0.25) is 5.32 Å². The molecule has 1 saturated heterocycles. The highest BCUT2D eigenvalue weighted by atomic mass is 16.6. The Bertz CT molecular complexity index is 338. The zero-order valence-corrected chi connectivity index (χ0v) is 7.43. The van der Waals surface area contributed by atoms with Crippen molar-refractivity contribution in [2.75, 3.05) is 13.3 Å². The van der Waals surface area contributed by atoms with Gasteiger partial charge in [-0.15, -0.1) is 0 Å². The minimum absolute atomic E-state index is 0.121. The lowest BCUT2D eigenvalue weighted by atomic mass is 10.4. The van der Waals surface area contributed by atoms with Crippen molar-refractivity contribution in [3.05, 3.63) is 24.0 Å². The fraction of sp³-hybridized carbons (Fsp3) is 0.333. The molecule has 5 nitrogen and oxygen atoms in total. The van der Waals surface area contributed by atoms with Crippen molar-refractivity contribution >= 4 is 0 Å². The van der Waals surface area contributed by atoms with E-state index in [-0.39, 0.29) is 6.23 Å². The molecule has 1 aromatic heterocycles. The van der Waals surface area contributed by atoms with E-state index in [4.69, 9.17) is 14.7 Å². The molecular weight excluding hydrogens is 182 g/mol. The van der Waals surface area contributed by atoms with Gasteiger partial charge in [-0.05, 0) is 12.1 Å². The molecule has 2 rings (SSSR count). The maximum absolute atomic E-state index is 8.53. The smallest absolute Gasteiger partial charge is 0.175 e. The van der Waals surface area contributed by atoms with Gasteiger partial charge in [-0.1, -0.05) is 0 Å². The number of nitrogens with one attached hydrogen (secondary N) is 1. The molecule has 1 atom stereocenters. The topological polar surface area (TPSA) is 67.2 Å². The summed E-state index contributed by atoms with van der Waals surface area (Å²) in [7, 11) is 0. The summed E-state index contributed by atoms with van der Waals surface area (Å²) in [6, 6.07) is 5.27. The fourth-order valence-corrected chi connectivity index (χ4v) is 1.13. The first-order valence-corrected chi connectivity index (χ1v) is 4.22. The van der Waals surface area contributed by atoms with Crippen LogP contribution < -0.4 is 10.1 Å². The van der Waals surface area contributed by atoms with E-state index in [1.807, 2.05) is 6.07 Å². The molecule has 2 heterocycles. The molecular formula is C9H9N3O2. The third-order valence-corrected chi connectivity index (χ3v) is 1.81. The van der Waals surface area contributed by atoms with Crippen LogP contribution in [0.1, 0.15) is 5.69 Å². The molecule has 0 aromatic carbocycles. The summed E-state index contributed by atoms with van der Waals surface area (Å²) in [6.07, 6.45) is 1.41. The van der Waals surface area contributed by atoms with E-state index in [0.717, 1.165) is 0 Å². The van der Waals surface area contributed by atoms with Crippen molar-refractivity contribution in [3.8, 4) is 11.8 Å². The summed E-state index contributed by atoms with van der Waals surface area (Å²) < 4.78 is 10.5. The van der Waals surface area contributed by atoms with E-state index < -0.39 is 0 Å². The lowest BCUT2D eigenvalue weighted by Crippen LogP contribution is -2.29. The molecule has 0 saturated carbocycles. The molecule has 5 heteroatoms. The number of hydrogen-bond acceptors (Lipinski definition) is 5. The second kappa shape index (κ2) is 4.05. The summed E-state index contributed by atoms with van der Waals surface area (Å²) in [5, 5.41) is 11.5. The number of aromatic nitrogens is 1. The van der Waals surface area contributed by atoms with Crippen LogP contribution in [0.4, 0.5) is 0 Å². The third kappa shape index (κ3) is 1.99. The van der Waals surface area contributed by atoms with Gasteiger partial charge in [0.2, 0.25) is 0 Å². The van der Waals surface area contributed by atoms with E-state index >= 15 is 0 Å². The Morgan fingerprint density at radius 2 is 2.57 bits per heavy atom. The number of rotatable bonds is 2. The quantitative estimate of drug-likeness (QED) is 0.725. The zero-order chi connectivity index (χ0) is 9.80. The maximum Gasteiger partial charge on any atom is 0.175 e. The van der Waals surface area contributed by atoms with E-state index in [0.29, 0.717) is 24.8 Å². The van der Waals surface area contributed by atoms with Crippen molar-refractivity contribution in [1.29, 1.82) is 5.26 Å². The predicted molar refractivity (Wildman–Crippen MR) is 47.3 cm³/mol. The number of ether oxygens (including phenoxy) is 2. The summed E-state index contributed by atoms with van der Waals surface area (Å²) in [5.41, 5.74) is 0.382. The highest BCUT2D eigenvalue weighted by molar-refractivity contribution is 5.26. The Hall–Kier alpha value is -1.64. The molecule has 1 fully saturated rings. The molecule has 72 valence electrons. The lowest BCUT2D eigenvalue weighted by molar-refractivity contribution is 0.139. The average molecular weight is 191 g/mol. The van der Waals surface area contributed by atoms with Crippen LogP contribution in [0.2, 0.25) is 0 Å². The second-order valence-electron chi connectivity index (χ2n) is 2.82. The molecule has 14 heavy (non-hydrogen) atoms. The highest BCUT2D eigenvalue weighted by Gasteiger charge is 2.15. The fourth-order valence-electron chi connectivity index (χ4n) is 1.13. The van der Waals surface area contributed by atoms with Gasteiger partial charge in [0, 0.05) is 0 Å². The first kappa shape index (κ1) is 8.94. The molecule has 0 spiro atoms. The van der Waals surface area contributed by atoms with E-state index in [1.165, 1.54) is 6.20 Å². The lowest BCUT2D eigenvalue weighted by Gasteiger charge is -2.10. The zero-order valence-electron chi connectivity index (χ0n) is 7.43. The first-order valence-electron chi connectivity index (χ1n) is 4.22. The largest absolute Gasteiger partial charge is 0.471 e. The molecule has 1 aliphatic heterocycles. The van der Waals surface area contributed by atoms with Crippen LogP contribution in [-0.2, 0) is 4.74 Å². The maximum atomic E-state index is 8.53. The van der Waals surface area contributed by atoms with Crippen LogP contribution in [0.5, 0.6) is 5.75 Å². The van der Waals surface area contributed by atoms with Gasteiger partial charge in [-0.25, -0.2) is 4.98 Å². The van der Waals surface area contributed by atoms with Crippen LogP contribution in [0, 0.1) is 11.3 Å². The molecule has 1 N–H and O–H groups in total. The Kier molecular flexibility index (Phi) is 2.58. The van der Waals surface area contributed by atoms with Gasteiger partial charge < -0.3 is 9.47 Å². The first-order chi connectivity index (χ1) is 6.88. The number of nitriles is 1. The van der Waals surface area contributed by atoms with Crippen molar-refractivity contribution in [2.24, 2.45) is 0 Å². The van der Waals surface area contributed by atoms with Crippen LogP contribution >= 0.6 is 0 Å². The van der Waals surface area contributed by atoms with Crippen molar-refractivity contribution in [2.45, 2.75) is 6.23 Å². The van der Waals surface area contributed by atoms with Gasteiger partial charge in [0.15, 0.2) is 6.23 Å². The minimum Gasteiger partial charge on any atom is -0.471 e. The molecule has 0 amide bonds. The molecule has 1 aromatic rings.